The minimum absolute atomic E-state index is 0.104. The van der Waals surface area contributed by atoms with Crippen LogP contribution < -0.4 is 27.9 Å². The first kappa shape index (κ1) is 8.34. The summed E-state index contributed by atoms with van der Waals surface area (Å²) in [5.74, 6) is 4.88. The van der Waals surface area contributed by atoms with E-state index in [2.05, 4.69) is 40.7 Å². The standard InChI is InChI=1S/C2H7N5S2/c3-1(8)6-7-2(9)5-4/h4H2,(H3,3,6,8)(H2,5,7,9). The summed E-state index contributed by atoms with van der Waals surface area (Å²) < 4.78 is 0. The zero-order chi connectivity index (χ0) is 7.28. The van der Waals surface area contributed by atoms with Crippen LogP contribution in [0.25, 0.3) is 0 Å². The molecule has 9 heavy (non-hydrogen) atoms. The van der Waals surface area contributed by atoms with Crippen LogP contribution >= 0.6 is 24.4 Å². The summed E-state index contributed by atoms with van der Waals surface area (Å²) in [5, 5.41) is 0.329. The quantitative estimate of drug-likeness (QED) is 0.162. The van der Waals surface area contributed by atoms with Crippen molar-refractivity contribution in [3.63, 3.8) is 0 Å². The SMILES string of the molecule is NNC(=S)NNC(N)=S. The summed E-state index contributed by atoms with van der Waals surface area (Å²) in [6.45, 7) is 0. The Morgan fingerprint density at radius 3 is 2.11 bits per heavy atom. The molecule has 0 aliphatic carbocycles. The second-order valence-corrected chi connectivity index (χ2v) is 1.94. The van der Waals surface area contributed by atoms with Gasteiger partial charge in [-0.05, 0) is 24.4 Å². The molecule has 0 bridgehead atoms. The lowest BCUT2D eigenvalue weighted by Gasteiger charge is -2.06. The predicted molar refractivity (Wildman–Crippen MR) is 43.0 cm³/mol. The van der Waals surface area contributed by atoms with Crippen molar-refractivity contribution in [2.75, 3.05) is 0 Å². The number of nitrogens with two attached hydrogens (primary N) is 2. The highest BCUT2D eigenvalue weighted by Crippen LogP contribution is 1.55. The van der Waals surface area contributed by atoms with Crippen molar-refractivity contribution in [2.24, 2.45) is 11.6 Å². The lowest BCUT2D eigenvalue weighted by atomic mass is 11.1. The summed E-state index contributed by atoms with van der Waals surface area (Å²) in [6, 6.07) is 0. The van der Waals surface area contributed by atoms with Crippen LogP contribution in [0.2, 0.25) is 0 Å². The molecule has 0 heterocycles. The molecular formula is C2H7N5S2. The van der Waals surface area contributed by atoms with Crippen LogP contribution in [0.1, 0.15) is 0 Å². The first-order valence-electron chi connectivity index (χ1n) is 1.99. The van der Waals surface area contributed by atoms with Gasteiger partial charge < -0.3 is 5.73 Å². The fraction of sp³-hybridized carbons (Fsp3) is 0. The Balaban J connectivity index is 3.28. The molecule has 0 aromatic carbocycles. The van der Waals surface area contributed by atoms with Gasteiger partial charge in [-0.3, -0.25) is 16.3 Å². The van der Waals surface area contributed by atoms with Crippen molar-refractivity contribution in [3.8, 4) is 0 Å². The molecule has 7 heteroatoms. The van der Waals surface area contributed by atoms with Crippen molar-refractivity contribution in [1.29, 1.82) is 0 Å². The third-order valence-corrected chi connectivity index (χ3v) is 0.752. The third-order valence-electron chi connectivity index (χ3n) is 0.430. The van der Waals surface area contributed by atoms with E-state index in [4.69, 9.17) is 11.6 Å². The average molecular weight is 165 g/mol. The van der Waals surface area contributed by atoms with Crippen molar-refractivity contribution in [3.05, 3.63) is 0 Å². The summed E-state index contributed by atoms with van der Waals surface area (Å²) in [7, 11) is 0. The Hall–Kier alpha value is -0.660. The molecule has 0 radical (unpaired) electrons. The Kier molecular flexibility index (Phi) is 3.93. The fourth-order valence-electron chi connectivity index (χ4n) is 0.154. The maximum Gasteiger partial charge on any atom is 0.199 e. The van der Waals surface area contributed by atoms with Crippen LogP contribution in [0.4, 0.5) is 0 Å². The minimum Gasteiger partial charge on any atom is -0.375 e. The molecule has 0 saturated carbocycles. The Morgan fingerprint density at radius 1 is 1.22 bits per heavy atom. The molecule has 0 rings (SSSR count). The van der Waals surface area contributed by atoms with Gasteiger partial charge in [0.2, 0.25) is 0 Å². The number of nitrogens with one attached hydrogen (secondary N) is 3. The summed E-state index contributed by atoms with van der Waals surface area (Å²) in [6.07, 6.45) is 0. The summed E-state index contributed by atoms with van der Waals surface area (Å²) in [5.41, 5.74) is 12.0. The van der Waals surface area contributed by atoms with Crippen molar-refractivity contribution in [2.45, 2.75) is 0 Å². The second-order valence-electron chi connectivity index (χ2n) is 1.09. The largest absolute Gasteiger partial charge is 0.375 e. The molecule has 0 spiro atoms. The first-order valence-corrected chi connectivity index (χ1v) is 2.80. The minimum atomic E-state index is 0.104. The topological polar surface area (TPSA) is 88.1 Å². The Morgan fingerprint density at radius 2 is 1.78 bits per heavy atom. The van der Waals surface area contributed by atoms with Gasteiger partial charge in [-0.2, -0.15) is 0 Å². The van der Waals surface area contributed by atoms with E-state index in [0.29, 0.717) is 0 Å². The number of hydrogen-bond donors (Lipinski definition) is 5. The monoisotopic (exact) mass is 165 g/mol. The van der Waals surface area contributed by atoms with Gasteiger partial charge in [-0.25, -0.2) is 5.84 Å². The molecule has 0 saturated heterocycles. The van der Waals surface area contributed by atoms with Crippen LogP contribution in [-0.2, 0) is 0 Å². The lowest BCUT2D eigenvalue weighted by Crippen LogP contribution is -2.50. The van der Waals surface area contributed by atoms with E-state index < -0.39 is 0 Å². The van der Waals surface area contributed by atoms with E-state index in [0.717, 1.165) is 0 Å². The van der Waals surface area contributed by atoms with Gasteiger partial charge in [0, 0.05) is 0 Å². The van der Waals surface area contributed by atoms with Gasteiger partial charge in [0.25, 0.3) is 0 Å². The van der Waals surface area contributed by atoms with Crippen molar-refractivity contribution in [1.82, 2.24) is 16.3 Å². The molecule has 0 aromatic rings. The van der Waals surface area contributed by atoms with Gasteiger partial charge in [0.05, 0.1) is 0 Å². The molecule has 0 unspecified atom stereocenters. The molecular weight excluding hydrogens is 158 g/mol. The predicted octanol–water partition coefficient (Wildman–Crippen LogP) is -1.93. The maximum atomic E-state index is 5.03. The molecule has 0 fully saturated rings. The zero-order valence-corrected chi connectivity index (χ0v) is 6.10. The Bertz CT molecular complexity index is 122. The van der Waals surface area contributed by atoms with E-state index in [1.165, 1.54) is 0 Å². The van der Waals surface area contributed by atoms with E-state index >= 15 is 0 Å². The Labute approximate surface area is 63.1 Å². The third kappa shape index (κ3) is 5.21. The van der Waals surface area contributed by atoms with Gasteiger partial charge >= 0.3 is 0 Å². The van der Waals surface area contributed by atoms with E-state index in [9.17, 15) is 0 Å². The van der Waals surface area contributed by atoms with Crippen molar-refractivity contribution < 1.29 is 0 Å². The van der Waals surface area contributed by atoms with E-state index in [1.807, 2.05) is 0 Å². The highest BCUT2D eigenvalue weighted by molar-refractivity contribution is 7.80. The van der Waals surface area contributed by atoms with Crippen LogP contribution in [0.3, 0.4) is 0 Å². The highest BCUT2D eigenvalue weighted by atomic mass is 32.1. The highest BCUT2D eigenvalue weighted by Gasteiger charge is 1.87. The van der Waals surface area contributed by atoms with Gasteiger partial charge in [-0.15, -0.1) is 0 Å². The first-order chi connectivity index (χ1) is 4.16. The van der Waals surface area contributed by atoms with E-state index in [1.54, 1.807) is 0 Å². The molecule has 0 atom stereocenters. The normalized spacial score (nSPS) is 7.67. The molecule has 0 aromatic heterocycles. The number of thiocarbonyl (C=S) groups is 2. The number of rotatable bonds is 0. The van der Waals surface area contributed by atoms with E-state index in [-0.39, 0.29) is 10.2 Å². The lowest BCUT2D eigenvalue weighted by molar-refractivity contribution is 0.830. The van der Waals surface area contributed by atoms with Gasteiger partial charge in [0.1, 0.15) is 0 Å². The van der Waals surface area contributed by atoms with Crippen LogP contribution in [0.15, 0.2) is 0 Å². The second kappa shape index (κ2) is 4.24. The van der Waals surface area contributed by atoms with Gasteiger partial charge in [-0.1, -0.05) is 0 Å². The van der Waals surface area contributed by atoms with Crippen LogP contribution in [0.5, 0.6) is 0 Å². The van der Waals surface area contributed by atoms with Gasteiger partial charge in [0.15, 0.2) is 10.2 Å². The summed E-state index contributed by atoms with van der Waals surface area (Å²) in [4.78, 5) is 0. The molecule has 52 valence electrons. The molecule has 7 N–H and O–H groups in total. The number of hydrogen-bond acceptors (Lipinski definition) is 3. The molecule has 5 nitrogen and oxygen atoms in total. The molecule has 0 aliphatic heterocycles. The molecule has 0 aliphatic rings. The maximum absolute atomic E-state index is 5.03. The summed E-state index contributed by atoms with van der Waals surface area (Å²) >= 11 is 8.99. The van der Waals surface area contributed by atoms with Crippen LogP contribution in [-0.4, -0.2) is 10.2 Å². The zero-order valence-electron chi connectivity index (χ0n) is 4.47. The number of hydrazine groups is 2. The smallest absolute Gasteiger partial charge is 0.199 e. The fourth-order valence-corrected chi connectivity index (χ4v) is 0.257. The van der Waals surface area contributed by atoms with Crippen LogP contribution in [0, 0.1) is 0 Å². The average Bonchev–Trinajstić information content (AvgIpc) is 1.83. The molecule has 0 amide bonds. The van der Waals surface area contributed by atoms with Crippen molar-refractivity contribution >= 4 is 34.7 Å².